The molecule has 0 aromatic carbocycles. The van der Waals surface area contributed by atoms with Gasteiger partial charge in [0.05, 0.1) is 0 Å². The van der Waals surface area contributed by atoms with Gasteiger partial charge in [-0.25, -0.2) is 4.79 Å². The van der Waals surface area contributed by atoms with E-state index in [4.69, 9.17) is 15.6 Å². The second kappa shape index (κ2) is 8.59. The molecule has 1 aromatic heterocycles. The molecule has 160 valence electrons. The lowest BCUT2D eigenvalue weighted by Crippen LogP contribution is -2.61. The van der Waals surface area contributed by atoms with Crippen molar-refractivity contribution in [2.75, 3.05) is 6.54 Å². The van der Waals surface area contributed by atoms with E-state index in [1.54, 1.807) is 0 Å². The third-order valence-electron chi connectivity index (χ3n) is 6.05. The van der Waals surface area contributed by atoms with Crippen molar-refractivity contribution in [3.05, 3.63) is 30.1 Å². The third kappa shape index (κ3) is 5.83. The van der Waals surface area contributed by atoms with Gasteiger partial charge in [-0.1, -0.05) is 6.07 Å². The van der Waals surface area contributed by atoms with Crippen molar-refractivity contribution in [3.8, 4) is 0 Å². The number of hydrogen-bond acceptors (Lipinski definition) is 3. The fraction of sp³-hybridized carbons (Fsp3) is 0.650. The summed E-state index contributed by atoms with van der Waals surface area (Å²) in [5.74, 6) is 0.672. The molecule has 0 spiro atoms. The molecule has 1 aromatic rings. The molecule has 0 amide bonds. The molecule has 1 heterocycles. The number of pyridine rings is 1. The smallest absolute Gasteiger partial charge is 0.475 e. The molecule has 4 fully saturated rings. The van der Waals surface area contributed by atoms with Crippen LogP contribution in [-0.2, 0) is 11.2 Å². The maximum absolute atomic E-state index is 10.6. The zero-order chi connectivity index (χ0) is 21.1. The van der Waals surface area contributed by atoms with E-state index in [0.29, 0.717) is 12.5 Å². The topological polar surface area (TPSA) is 101 Å². The summed E-state index contributed by atoms with van der Waals surface area (Å²) in [6, 6.07) is 6.00. The SMILES string of the molecule is NC(=NCCc1ccccn1)NC12CC3CC(CC(C3)C1)C2.O=C(O)C(F)(F)F. The van der Waals surface area contributed by atoms with Crippen molar-refractivity contribution in [1.82, 2.24) is 10.3 Å². The first kappa shape index (κ1) is 21.4. The number of hydrogen-bond donors (Lipinski definition) is 3. The number of alkyl halides is 3. The summed E-state index contributed by atoms with van der Waals surface area (Å²) in [6.45, 7) is 0.711. The molecule has 0 atom stereocenters. The lowest BCUT2D eigenvalue weighted by molar-refractivity contribution is -0.192. The minimum Gasteiger partial charge on any atom is -0.475 e. The van der Waals surface area contributed by atoms with E-state index in [1.165, 1.54) is 38.5 Å². The van der Waals surface area contributed by atoms with Gasteiger partial charge >= 0.3 is 12.1 Å². The molecular weight excluding hydrogens is 385 g/mol. The highest BCUT2D eigenvalue weighted by atomic mass is 19.4. The van der Waals surface area contributed by atoms with Crippen LogP contribution in [0.4, 0.5) is 13.2 Å². The van der Waals surface area contributed by atoms with Crippen molar-refractivity contribution >= 4 is 11.9 Å². The van der Waals surface area contributed by atoms with Gasteiger partial charge in [-0.3, -0.25) is 9.98 Å². The Bertz CT molecular complexity index is 702. The van der Waals surface area contributed by atoms with Gasteiger partial charge in [0.1, 0.15) is 0 Å². The van der Waals surface area contributed by atoms with Crippen LogP contribution < -0.4 is 11.1 Å². The predicted octanol–water partition coefficient (Wildman–Crippen LogP) is 3.13. The molecule has 29 heavy (non-hydrogen) atoms. The predicted molar refractivity (Wildman–Crippen MR) is 102 cm³/mol. The summed E-state index contributed by atoms with van der Waals surface area (Å²) < 4.78 is 31.7. The molecule has 6 nitrogen and oxygen atoms in total. The molecule has 9 heteroatoms. The van der Waals surface area contributed by atoms with Crippen LogP contribution in [-0.4, -0.2) is 40.3 Å². The standard InChI is InChI=1S/C18H26N4.C2HF3O2/c19-17(21-6-4-16-3-1-2-5-20-16)22-18-10-13-7-14(11-18)9-15(8-13)12-18;3-2(4,5)1(6)7/h1-3,5,13-15H,4,6-12H2,(H3,19,21,22);(H,6,7). The van der Waals surface area contributed by atoms with Gasteiger partial charge in [0, 0.05) is 30.4 Å². The fourth-order valence-corrected chi connectivity index (χ4v) is 5.41. The maximum atomic E-state index is 10.6. The van der Waals surface area contributed by atoms with E-state index in [9.17, 15) is 13.2 Å². The molecule has 4 bridgehead atoms. The third-order valence-corrected chi connectivity index (χ3v) is 6.05. The summed E-state index contributed by atoms with van der Waals surface area (Å²) in [6.07, 6.45) is 5.87. The van der Waals surface area contributed by atoms with Crippen molar-refractivity contribution in [3.63, 3.8) is 0 Å². The Labute approximate surface area is 167 Å². The maximum Gasteiger partial charge on any atom is 0.490 e. The highest BCUT2D eigenvalue weighted by Gasteiger charge is 2.51. The van der Waals surface area contributed by atoms with Crippen LogP contribution in [0.3, 0.4) is 0 Å². The number of nitrogens with two attached hydrogens (primary N) is 1. The van der Waals surface area contributed by atoms with Crippen LogP contribution in [0, 0.1) is 17.8 Å². The Balaban J connectivity index is 0.000000298. The monoisotopic (exact) mass is 412 g/mol. The second-order valence-corrected chi connectivity index (χ2v) is 8.46. The highest BCUT2D eigenvalue weighted by molar-refractivity contribution is 5.78. The van der Waals surface area contributed by atoms with Crippen molar-refractivity contribution in [2.45, 2.75) is 56.7 Å². The number of carbonyl (C=O) groups is 1. The summed E-state index contributed by atoms with van der Waals surface area (Å²) in [5.41, 5.74) is 7.51. The van der Waals surface area contributed by atoms with Gasteiger partial charge in [0.15, 0.2) is 5.96 Å². The van der Waals surface area contributed by atoms with Gasteiger partial charge in [0.2, 0.25) is 0 Å². The molecule has 4 aliphatic carbocycles. The normalized spacial score (nSPS) is 30.4. The van der Waals surface area contributed by atoms with Crippen molar-refractivity contribution in [2.24, 2.45) is 28.5 Å². The number of guanidine groups is 1. The largest absolute Gasteiger partial charge is 0.490 e. The zero-order valence-corrected chi connectivity index (χ0v) is 16.2. The summed E-state index contributed by atoms with van der Waals surface area (Å²) in [4.78, 5) is 17.8. The fourth-order valence-electron chi connectivity index (χ4n) is 5.41. The van der Waals surface area contributed by atoms with Crippen LogP contribution in [0.1, 0.15) is 44.2 Å². The lowest BCUT2D eigenvalue weighted by Gasteiger charge is -2.57. The number of nitrogens with one attached hydrogen (secondary N) is 1. The second-order valence-electron chi connectivity index (χ2n) is 8.46. The average molecular weight is 412 g/mol. The van der Waals surface area contributed by atoms with E-state index in [0.717, 1.165) is 29.9 Å². The minimum absolute atomic E-state index is 0.257. The Morgan fingerprint density at radius 2 is 1.76 bits per heavy atom. The number of aromatic nitrogens is 1. The summed E-state index contributed by atoms with van der Waals surface area (Å²) in [5, 5.41) is 10.7. The zero-order valence-electron chi connectivity index (χ0n) is 16.2. The van der Waals surface area contributed by atoms with E-state index >= 15 is 0 Å². The minimum atomic E-state index is -5.08. The number of aliphatic carboxylic acids is 1. The van der Waals surface area contributed by atoms with E-state index in [2.05, 4.69) is 15.3 Å². The molecule has 0 unspecified atom stereocenters. The van der Waals surface area contributed by atoms with Crippen LogP contribution in [0.2, 0.25) is 0 Å². The van der Waals surface area contributed by atoms with Crippen LogP contribution in [0.25, 0.3) is 0 Å². The Kier molecular flexibility index (Phi) is 6.33. The van der Waals surface area contributed by atoms with Crippen molar-refractivity contribution < 1.29 is 23.1 Å². The van der Waals surface area contributed by atoms with Crippen LogP contribution in [0.5, 0.6) is 0 Å². The Morgan fingerprint density at radius 3 is 2.21 bits per heavy atom. The van der Waals surface area contributed by atoms with Gasteiger partial charge in [-0.2, -0.15) is 13.2 Å². The molecule has 5 rings (SSSR count). The number of halogens is 3. The van der Waals surface area contributed by atoms with Gasteiger partial charge < -0.3 is 16.2 Å². The van der Waals surface area contributed by atoms with Crippen LogP contribution in [0.15, 0.2) is 29.4 Å². The number of carboxylic acids is 1. The van der Waals surface area contributed by atoms with Crippen LogP contribution >= 0.6 is 0 Å². The quantitative estimate of drug-likeness (QED) is 0.521. The lowest BCUT2D eigenvalue weighted by atomic mass is 9.53. The van der Waals surface area contributed by atoms with Gasteiger partial charge in [0.25, 0.3) is 0 Å². The first-order valence-corrected chi connectivity index (χ1v) is 9.93. The first-order chi connectivity index (χ1) is 13.7. The average Bonchev–Trinajstić information content (AvgIpc) is 2.60. The molecule has 0 saturated heterocycles. The van der Waals surface area contributed by atoms with E-state index < -0.39 is 12.1 Å². The highest BCUT2D eigenvalue weighted by Crippen LogP contribution is 2.55. The summed E-state index contributed by atoms with van der Waals surface area (Å²) >= 11 is 0. The van der Waals surface area contributed by atoms with E-state index in [-0.39, 0.29) is 5.54 Å². The molecular formula is C20H27F3N4O2. The number of aliphatic imine (C=N–C) groups is 1. The first-order valence-electron chi connectivity index (χ1n) is 9.93. The number of nitrogens with zero attached hydrogens (tertiary/aromatic N) is 2. The Hall–Kier alpha value is -2.32. The molecule has 4 saturated carbocycles. The van der Waals surface area contributed by atoms with Gasteiger partial charge in [-0.05, 0) is 68.4 Å². The molecule has 0 aliphatic heterocycles. The number of carboxylic acid groups (broad SMARTS) is 1. The van der Waals surface area contributed by atoms with Gasteiger partial charge in [-0.15, -0.1) is 0 Å². The molecule has 4 aliphatic rings. The van der Waals surface area contributed by atoms with Crippen molar-refractivity contribution in [1.29, 1.82) is 0 Å². The van der Waals surface area contributed by atoms with E-state index in [1.807, 2.05) is 24.4 Å². The number of rotatable bonds is 4. The summed E-state index contributed by atoms with van der Waals surface area (Å²) in [7, 11) is 0. The Morgan fingerprint density at radius 1 is 1.21 bits per heavy atom. The molecule has 0 radical (unpaired) electrons. The molecule has 4 N–H and O–H groups in total.